The molecule has 0 radical (unpaired) electrons. The molecule has 6 heterocycles. The van der Waals surface area contributed by atoms with Crippen LogP contribution in [0.3, 0.4) is 0 Å². The van der Waals surface area contributed by atoms with Gasteiger partial charge in [0, 0.05) is 46.5 Å². The van der Waals surface area contributed by atoms with Gasteiger partial charge in [0.05, 0.1) is 43.0 Å². The summed E-state index contributed by atoms with van der Waals surface area (Å²) in [5, 5.41) is 14.5. The van der Waals surface area contributed by atoms with Gasteiger partial charge in [-0.1, -0.05) is 44.2 Å². The Bertz CT molecular complexity index is 2430. The van der Waals surface area contributed by atoms with Gasteiger partial charge in [-0.3, -0.25) is 9.59 Å². The van der Waals surface area contributed by atoms with E-state index < -0.39 is 24.3 Å². The predicted molar refractivity (Wildman–Crippen MR) is 218 cm³/mol. The number of hydrogen-bond acceptors (Lipinski definition) is 9. The zero-order chi connectivity index (χ0) is 41.7. The van der Waals surface area contributed by atoms with Crippen molar-refractivity contribution < 1.29 is 38.5 Å². The van der Waals surface area contributed by atoms with Crippen LogP contribution in [0.25, 0.3) is 33.6 Å². The smallest absolute Gasteiger partial charge is 0.407 e. The second-order valence-corrected chi connectivity index (χ2v) is 16.0. The number of aromatic amines is 2. The number of nitrogens with zero attached hydrogens (tertiary/aromatic N) is 4. The number of ether oxygens (including phenoxy) is 3. The first-order valence-electron chi connectivity index (χ1n) is 20.3. The van der Waals surface area contributed by atoms with E-state index in [1.807, 2.05) is 56.3 Å². The highest BCUT2D eigenvalue weighted by Crippen LogP contribution is 2.51. The number of hydrogen-bond donors (Lipinski definition) is 5. The number of carbonyl (C=O) groups is 4. The third-order valence-corrected chi connectivity index (χ3v) is 11.9. The number of benzene rings is 3. The zero-order valence-electron chi connectivity index (χ0n) is 33.5. The first-order chi connectivity index (χ1) is 29.1. The van der Waals surface area contributed by atoms with Crippen molar-refractivity contribution in [1.29, 1.82) is 0 Å². The molecule has 2 saturated heterocycles. The van der Waals surface area contributed by atoms with Crippen LogP contribution in [0.15, 0.2) is 67.0 Å². The van der Waals surface area contributed by atoms with Gasteiger partial charge in [-0.15, -0.1) is 0 Å². The van der Waals surface area contributed by atoms with Crippen LogP contribution < -0.4 is 20.1 Å². The van der Waals surface area contributed by atoms with Crippen LogP contribution in [0.2, 0.25) is 0 Å². The molecule has 310 valence electrons. The number of aromatic nitrogens is 4. The number of amides is 4. The van der Waals surface area contributed by atoms with E-state index >= 15 is 0 Å². The number of rotatable bonds is 10. The average molecular weight is 815 g/mol. The maximum atomic E-state index is 14.0. The number of nitrogens with one attached hydrogen (secondary N) is 4. The van der Waals surface area contributed by atoms with Crippen LogP contribution >= 0.6 is 0 Å². The lowest BCUT2D eigenvalue weighted by Gasteiger charge is -2.30. The minimum atomic E-state index is -1.23. The van der Waals surface area contributed by atoms with Crippen molar-refractivity contribution in [3.63, 3.8) is 0 Å². The van der Waals surface area contributed by atoms with Gasteiger partial charge in [0.25, 0.3) is 5.91 Å². The van der Waals surface area contributed by atoms with Crippen LogP contribution in [0.4, 0.5) is 9.59 Å². The third-order valence-electron chi connectivity index (χ3n) is 11.9. The average Bonchev–Trinajstić information content (AvgIpc) is 4.10. The van der Waals surface area contributed by atoms with Crippen LogP contribution in [0.5, 0.6) is 11.5 Å². The molecule has 2 aromatic heterocycles. The molecular weight excluding hydrogens is 769 g/mol. The van der Waals surface area contributed by atoms with Crippen molar-refractivity contribution in [2.24, 2.45) is 5.92 Å². The summed E-state index contributed by atoms with van der Waals surface area (Å²) in [5.41, 5.74) is 7.90. The van der Waals surface area contributed by atoms with E-state index in [1.165, 1.54) is 7.11 Å². The summed E-state index contributed by atoms with van der Waals surface area (Å²) >= 11 is 0. The summed E-state index contributed by atoms with van der Waals surface area (Å²) in [6.45, 7) is 5.35. The molecule has 16 nitrogen and oxygen atoms in total. The van der Waals surface area contributed by atoms with Crippen molar-refractivity contribution in [2.75, 3.05) is 20.2 Å². The number of methoxy groups -OCH3 is 1. The first kappa shape index (κ1) is 38.7. The minimum Gasteiger partial charge on any atom is -0.488 e. The SMILES string of the molecule is COC(=O)N[C@@H](C(=O)N1CCC[C@H]1c1ncc(-c2cc3c4c(c2)OCc2cc(-c5cnc([C@@H]6CCCN6C(=O)[C@@H](NC(=O)O)C(C)C)[nH]5)cc(c2-4)OC3)[nH]1)c1ccccc1. The van der Waals surface area contributed by atoms with Gasteiger partial charge < -0.3 is 49.7 Å². The number of imidazole rings is 2. The Kier molecular flexibility index (Phi) is 10.1. The Morgan fingerprint density at radius 2 is 1.32 bits per heavy atom. The summed E-state index contributed by atoms with van der Waals surface area (Å²) in [7, 11) is 1.27. The van der Waals surface area contributed by atoms with Crippen molar-refractivity contribution in [1.82, 2.24) is 40.4 Å². The molecule has 5 aromatic rings. The van der Waals surface area contributed by atoms with Crippen LogP contribution in [0, 0.1) is 5.92 Å². The largest absolute Gasteiger partial charge is 0.488 e. The number of carbonyl (C=O) groups excluding carboxylic acids is 3. The quantitative estimate of drug-likeness (QED) is 0.102. The van der Waals surface area contributed by atoms with E-state index in [-0.39, 0.29) is 29.8 Å². The standard InChI is InChI=1S/C44H46N8O8/c1-23(2)37(49-43(55)56)41(53)51-13-7-11-31(51)39-45-19-29(47-39)25-15-27-21-60-34-18-26(16-28-22-59-33(17-25)35(27)36(28)34)30-20-46-40(48-30)32-12-8-14-52(32)42(54)38(50-44(57)58-3)24-9-5-4-6-10-24/h4-6,9-10,15-20,23,31-32,37-38,49H,7-8,11-14,21-22H2,1-3H3,(H,45,47)(H,46,48)(H,50,57)(H,55,56)/t31-,32-,37-,38+/m0/s1. The van der Waals surface area contributed by atoms with Gasteiger partial charge in [-0.25, -0.2) is 19.6 Å². The molecule has 4 amide bonds. The lowest BCUT2D eigenvalue weighted by molar-refractivity contribution is -0.135. The van der Waals surface area contributed by atoms with E-state index in [9.17, 15) is 24.3 Å². The predicted octanol–water partition coefficient (Wildman–Crippen LogP) is 6.64. The van der Waals surface area contributed by atoms with Crippen LogP contribution in [-0.2, 0) is 27.5 Å². The highest BCUT2D eigenvalue weighted by atomic mass is 16.5. The number of carboxylic acid groups (broad SMARTS) is 1. The minimum absolute atomic E-state index is 0.210. The molecule has 4 aliphatic rings. The van der Waals surface area contributed by atoms with Gasteiger partial charge in [0.1, 0.15) is 48.4 Å². The van der Waals surface area contributed by atoms with E-state index in [1.54, 1.807) is 22.2 Å². The molecule has 9 rings (SSSR count). The normalized spacial score (nSPS) is 18.6. The van der Waals surface area contributed by atoms with Gasteiger partial charge in [0.15, 0.2) is 0 Å². The van der Waals surface area contributed by atoms with Crippen molar-refractivity contribution in [3.05, 3.63) is 95.3 Å². The first-order valence-corrected chi connectivity index (χ1v) is 20.3. The fourth-order valence-electron chi connectivity index (χ4n) is 9.03. The third kappa shape index (κ3) is 7.05. The molecule has 60 heavy (non-hydrogen) atoms. The van der Waals surface area contributed by atoms with Crippen molar-refractivity contribution in [3.8, 4) is 45.1 Å². The fraction of sp³-hybridized carbons (Fsp3) is 0.364. The number of H-pyrrole nitrogens is 2. The zero-order valence-corrected chi connectivity index (χ0v) is 33.5. The van der Waals surface area contributed by atoms with Crippen LogP contribution in [-0.4, -0.2) is 85.1 Å². The Balaban J connectivity index is 0.946. The maximum absolute atomic E-state index is 14.0. The number of likely N-dealkylation sites (tertiary alicyclic amines) is 2. The molecule has 2 fully saturated rings. The second-order valence-electron chi connectivity index (χ2n) is 16.0. The Morgan fingerprint density at radius 1 is 0.783 bits per heavy atom. The van der Waals surface area contributed by atoms with Gasteiger partial charge in [-0.2, -0.15) is 0 Å². The highest BCUT2D eigenvalue weighted by molar-refractivity contribution is 5.89. The van der Waals surface area contributed by atoms with Gasteiger partial charge >= 0.3 is 12.2 Å². The van der Waals surface area contributed by atoms with Crippen molar-refractivity contribution >= 4 is 24.0 Å². The summed E-state index contributed by atoms with van der Waals surface area (Å²) in [6.07, 6.45) is 4.64. The van der Waals surface area contributed by atoms with E-state index in [0.29, 0.717) is 49.9 Å². The lowest BCUT2D eigenvalue weighted by Crippen LogP contribution is -2.50. The second kappa shape index (κ2) is 15.7. The topological polar surface area (TPSA) is 204 Å². The summed E-state index contributed by atoms with van der Waals surface area (Å²) in [4.78, 5) is 71.1. The van der Waals surface area contributed by atoms with E-state index in [4.69, 9.17) is 24.2 Å². The summed E-state index contributed by atoms with van der Waals surface area (Å²) in [6, 6.07) is 15.0. The fourth-order valence-corrected chi connectivity index (χ4v) is 9.03. The Hall–Kier alpha value is -6.84. The van der Waals surface area contributed by atoms with Gasteiger partial charge in [-0.05, 0) is 61.4 Å². The number of alkyl carbamates (subject to hydrolysis) is 1. The van der Waals surface area contributed by atoms with Crippen LogP contribution in [0.1, 0.15) is 86.0 Å². The van der Waals surface area contributed by atoms with E-state index in [2.05, 4.69) is 32.7 Å². The monoisotopic (exact) mass is 814 g/mol. The molecule has 3 aromatic carbocycles. The highest BCUT2D eigenvalue weighted by Gasteiger charge is 2.39. The lowest BCUT2D eigenvalue weighted by atomic mass is 9.87. The molecule has 16 heteroatoms. The molecule has 0 unspecified atom stereocenters. The molecular formula is C44H46N8O8. The molecule has 4 atom stereocenters. The van der Waals surface area contributed by atoms with Crippen molar-refractivity contribution in [2.45, 2.75) is 76.9 Å². The summed E-state index contributed by atoms with van der Waals surface area (Å²) < 4.78 is 17.7. The Morgan fingerprint density at radius 3 is 1.82 bits per heavy atom. The molecule has 4 aliphatic heterocycles. The molecule has 0 bridgehead atoms. The maximum Gasteiger partial charge on any atom is 0.407 e. The summed E-state index contributed by atoms with van der Waals surface area (Å²) in [5.74, 6) is 2.10. The Labute approximate surface area is 345 Å². The molecule has 0 spiro atoms. The molecule has 0 aliphatic carbocycles. The molecule has 5 N–H and O–H groups in total. The van der Waals surface area contributed by atoms with Gasteiger partial charge in [0.2, 0.25) is 5.91 Å². The molecule has 0 saturated carbocycles. The van der Waals surface area contributed by atoms with E-state index in [0.717, 1.165) is 75.5 Å².